The van der Waals surface area contributed by atoms with Crippen LogP contribution in [0, 0.1) is 6.92 Å². The van der Waals surface area contributed by atoms with E-state index >= 15 is 0 Å². The lowest BCUT2D eigenvalue weighted by Gasteiger charge is -2.02. The van der Waals surface area contributed by atoms with E-state index in [1.54, 1.807) is 0 Å². The van der Waals surface area contributed by atoms with Crippen LogP contribution in [0.25, 0.3) is 0 Å². The lowest BCUT2D eigenvalue weighted by molar-refractivity contribution is 0.632. The molecule has 0 fully saturated rings. The molecule has 0 aliphatic heterocycles. The van der Waals surface area contributed by atoms with E-state index < -0.39 is 0 Å². The van der Waals surface area contributed by atoms with Gasteiger partial charge >= 0.3 is 0 Å². The Kier molecular flexibility index (Phi) is 4.78. The largest absolute Gasteiger partial charge is 0.330 e. The number of hydrogen-bond acceptors (Lipinski definition) is 4. The van der Waals surface area contributed by atoms with Crippen molar-refractivity contribution >= 4 is 11.8 Å². The molecule has 2 rings (SSSR count). The van der Waals surface area contributed by atoms with Gasteiger partial charge in [0.15, 0.2) is 0 Å². The molecule has 2 aromatic rings. The number of aryl methyl sites for hydroxylation is 2. The van der Waals surface area contributed by atoms with Gasteiger partial charge in [0.1, 0.15) is 0 Å². The van der Waals surface area contributed by atoms with Crippen molar-refractivity contribution in [2.75, 3.05) is 12.3 Å². The van der Waals surface area contributed by atoms with Crippen molar-refractivity contribution in [3.05, 3.63) is 41.7 Å². The molecule has 0 radical (unpaired) electrons. The predicted octanol–water partition coefficient (Wildman–Crippen LogP) is 1.88. The molecule has 18 heavy (non-hydrogen) atoms. The van der Waals surface area contributed by atoms with Gasteiger partial charge in [-0.2, -0.15) is 0 Å². The van der Waals surface area contributed by atoms with Crippen LogP contribution < -0.4 is 5.73 Å². The molecule has 0 aliphatic carbocycles. The van der Waals surface area contributed by atoms with Crippen molar-refractivity contribution in [3.8, 4) is 0 Å². The van der Waals surface area contributed by atoms with Gasteiger partial charge in [-0.3, -0.25) is 4.68 Å². The maximum absolute atomic E-state index is 5.48. The third-order valence-electron chi connectivity index (χ3n) is 2.60. The highest BCUT2D eigenvalue weighted by molar-refractivity contribution is 7.99. The maximum atomic E-state index is 5.48. The number of hydrogen-bond donors (Lipinski definition) is 1. The van der Waals surface area contributed by atoms with E-state index in [0.717, 1.165) is 24.4 Å². The molecule has 5 heteroatoms. The van der Waals surface area contributed by atoms with E-state index in [9.17, 15) is 0 Å². The molecule has 0 spiro atoms. The summed E-state index contributed by atoms with van der Waals surface area (Å²) in [5, 5.41) is 8.14. The number of thioether (sulfide) groups is 1. The summed E-state index contributed by atoms with van der Waals surface area (Å²) in [6.07, 6.45) is 2.77. The van der Waals surface area contributed by atoms with Gasteiger partial charge in [-0.15, -0.1) is 16.9 Å². The number of rotatable bonds is 6. The lowest BCUT2D eigenvalue weighted by atomic mass is 10.2. The summed E-state index contributed by atoms with van der Waals surface area (Å²) < 4.78 is 1.88. The SMILES string of the molecule is Cc1ccc(SCCn2cc(CCN)nn2)cc1. The molecular formula is C13H18N4S. The summed E-state index contributed by atoms with van der Waals surface area (Å²) in [4.78, 5) is 1.29. The maximum Gasteiger partial charge on any atom is 0.0839 e. The van der Waals surface area contributed by atoms with E-state index in [1.807, 2.05) is 22.6 Å². The van der Waals surface area contributed by atoms with Crippen molar-refractivity contribution in [1.29, 1.82) is 0 Å². The Hall–Kier alpha value is -1.33. The third-order valence-corrected chi connectivity index (χ3v) is 3.59. The Morgan fingerprint density at radius 2 is 2.06 bits per heavy atom. The first kappa shape index (κ1) is 13.1. The molecule has 0 amide bonds. The van der Waals surface area contributed by atoms with Gasteiger partial charge in [-0.05, 0) is 25.6 Å². The Morgan fingerprint density at radius 3 is 2.78 bits per heavy atom. The molecule has 2 N–H and O–H groups in total. The Morgan fingerprint density at radius 1 is 1.28 bits per heavy atom. The predicted molar refractivity (Wildman–Crippen MR) is 74.7 cm³/mol. The third kappa shape index (κ3) is 3.85. The highest BCUT2D eigenvalue weighted by Gasteiger charge is 2.00. The molecule has 96 valence electrons. The van der Waals surface area contributed by atoms with Crippen molar-refractivity contribution in [2.24, 2.45) is 5.73 Å². The van der Waals surface area contributed by atoms with Crippen LogP contribution in [0.4, 0.5) is 0 Å². The first-order valence-corrected chi connectivity index (χ1v) is 7.05. The van der Waals surface area contributed by atoms with Gasteiger partial charge in [0.25, 0.3) is 0 Å². The summed E-state index contributed by atoms with van der Waals surface area (Å²) in [5.74, 6) is 0.995. The van der Waals surface area contributed by atoms with Crippen LogP contribution in [0.15, 0.2) is 35.4 Å². The summed E-state index contributed by atoms with van der Waals surface area (Å²) >= 11 is 1.83. The van der Waals surface area contributed by atoms with Crippen LogP contribution in [-0.2, 0) is 13.0 Å². The fraction of sp³-hybridized carbons (Fsp3) is 0.385. The smallest absolute Gasteiger partial charge is 0.0839 e. The summed E-state index contributed by atoms with van der Waals surface area (Å²) in [6.45, 7) is 3.59. The summed E-state index contributed by atoms with van der Waals surface area (Å²) in [6, 6.07) is 8.58. The quantitative estimate of drug-likeness (QED) is 0.808. The second-order valence-corrected chi connectivity index (χ2v) is 5.34. The van der Waals surface area contributed by atoms with Gasteiger partial charge in [0.05, 0.1) is 12.2 Å². The minimum atomic E-state index is 0.622. The summed E-state index contributed by atoms with van der Waals surface area (Å²) in [5.41, 5.74) is 7.74. The van der Waals surface area contributed by atoms with Crippen LogP contribution in [0.5, 0.6) is 0 Å². The van der Waals surface area contributed by atoms with E-state index in [1.165, 1.54) is 10.5 Å². The highest BCUT2D eigenvalue weighted by atomic mass is 32.2. The van der Waals surface area contributed by atoms with Crippen molar-refractivity contribution in [3.63, 3.8) is 0 Å². The van der Waals surface area contributed by atoms with E-state index in [4.69, 9.17) is 5.73 Å². The minimum absolute atomic E-state index is 0.622. The van der Waals surface area contributed by atoms with Gasteiger partial charge in [-0.25, -0.2) is 0 Å². The zero-order chi connectivity index (χ0) is 12.8. The first-order chi connectivity index (χ1) is 8.78. The second-order valence-electron chi connectivity index (χ2n) is 4.17. The second kappa shape index (κ2) is 6.56. The van der Waals surface area contributed by atoms with E-state index in [2.05, 4.69) is 41.5 Å². The molecule has 0 aliphatic rings. The molecule has 1 heterocycles. The minimum Gasteiger partial charge on any atom is -0.330 e. The zero-order valence-corrected chi connectivity index (χ0v) is 11.4. The Labute approximate surface area is 112 Å². The van der Waals surface area contributed by atoms with Crippen molar-refractivity contribution in [2.45, 2.75) is 24.8 Å². The zero-order valence-electron chi connectivity index (χ0n) is 10.5. The number of nitrogens with two attached hydrogens (primary N) is 1. The molecule has 4 nitrogen and oxygen atoms in total. The van der Waals surface area contributed by atoms with Crippen LogP contribution in [-0.4, -0.2) is 27.3 Å². The summed E-state index contributed by atoms with van der Waals surface area (Å²) in [7, 11) is 0. The van der Waals surface area contributed by atoms with Gasteiger partial charge in [0.2, 0.25) is 0 Å². The van der Waals surface area contributed by atoms with Crippen LogP contribution in [0.1, 0.15) is 11.3 Å². The molecular weight excluding hydrogens is 244 g/mol. The van der Waals surface area contributed by atoms with Crippen LogP contribution >= 0.6 is 11.8 Å². The molecule has 1 aromatic carbocycles. The van der Waals surface area contributed by atoms with E-state index in [0.29, 0.717) is 6.54 Å². The first-order valence-electron chi connectivity index (χ1n) is 6.06. The van der Waals surface area contributed by atoms with Crippen molar-refractivity contribution < 1.29 is 0 Å². The normalized spacial score (nSPS) is 10.8. The van der Waals surface area contributed by atoms with Gasteiger partial charge in [0, 0.05) is 23.3 Å². The average molecular weight is 262 g/mol. The Bertz CT molecular complexity index is 478. The lowest BCUT2D eigenvalue weighted by Crippen LogP contribution is -2.03. The van der Waals surface area contributed by atoms with Crippen molar-refractivity contribution in [1.82, 2.24) is 15.0 Å². The number of benzene rings is 1. The average Bonchev–Trinajstić information content (AvgIpc) is 2.80. The molecule has 0 atom stereocenters. The topological polar surface area (TPSA) is 56.7 Å². The Balaban J connectivity index is 1.79. The fourth-order valence-electron chi connectivity index (χ4n) is 1.60. The molecule has 0 unspecified atom stereocenters. The number of nitrogens with zero attached hydrogens (tertiary/aromatic N) is 3. The molecule has 0 saturated carbocycles. The van der Waals surface area contributed by atoms with Gasteiger partial charge in [-0.1, -0.05) is 22.9 Å². The fourth-order valence-corrected chi connectivity index (χ4v) is 2.44. The van der Waals surface area contributed by atoms with Gasteiger partial charge < -0.3 is 5.73 Å². The standard InChI is InChI=1S/C13H18N4S/c1-11-2-4-13(5-3-11)18-9-8-17-10-12(6-7-14)15-16-17/h2-5,10H,6-9,14H2,1H3. The number of aromatic nitrogens is 3. The molecule has 1 aromatic heterocycles. The van der Waals surface area contributed by atoms with Crippen LogP contribution in [0.2, 0.25) is 0 Å². The van der Waals surface area contributed by atoms with E-state index in [-0.39, 0.29) is 0 Å². The molecule has 0 saturated heterocycles. The van der Waals surface area contributed by atoms with Crippen LogP contribution in [0.3, 0.4) is 0 Å². The highest BCUT2D eigenvalue weighted by Crippen LogP contribution is 2.18. The monoisotopic (exact) mass is 262 g/mol. The molecule has 0 bridgehead atoms.